The number of aromatic hydroxyl groups is 1. The lowest BCUT2D eigenvalue weighted by atomic mass is 9.68. The Labute approximate surface area is 190 Å². The molecule has 1 aromatic rings. The summed E-state index contributed by atoms with van der Waals surface area (Å²) in [5, 5.41) is 11.4. The number of phenols is 1. The van der Waals surface area contributed by atoms with Crippen molar-refractivity contribution in [2.24, 2.45) is 10.8 Å². The summed E-state index contributed by atoms with van der Waals surface area (Å²) in [4.78, 5) is 12.1. The molecule has 0 spiro atoms. The van der Waals surface area contributed by atoms with E-state index >= 15 is 0 Å². The van der Waals surface area contributed by atoms with Gasteiger partial charge in [-0.2, -0.15) is 0 Å². The predicted molar refractivity (Wildman–Crippen MR) is 129 cm³/mol. The minimum absolute atomic E-state index is 0.0632. The number of carbonyl (C=O) groups excluding carboxylic acids is 1. The van der Waals surface area contributed by atoms with Gasteiger partial charge >= 0.3 is 5.97 Å². The van der Waals surface area contributed by atoms with Gasteiger partial charge in [-0.25, -0.2) is 4.79 Å². The average Bonchev–Trinajstić information content (AvgIpc) is 2.51. The van der Waals surface area contributed by atoms with Gasteiger partial charge in [0, 0.05) is 11.1 Å². The van der Waals surface area contributed by atoms with Crippen LogP contribution in [-0.2, 0) is 20.4 Å². The van der Waals surface area contributed by atoms with Gasteiger partial charge in [0.15, 0.2) is 0 Å². The fourth-order valence-electron chi connectivity index (χ4n) is 4.94. The molecular formula is C27H44O4. The zero-order valence-corrected chi connectivity index (χ0v) is 21.7. The van der Waals surface area contributed by atoms with E-state index in [0.29, 0.717) is 11.5 Å². The van der Waals surface area contributed by atoms with E-state index in [0.717, 1.165) is 24.0 Å². The van der Waals surface area contributed by atoms with Gasteiger partial charge < -0.3 is 14.6 Å². The normalized spacial score (nSPS) is 13.1. The van der Waals surface area contributed by atoms with Crippen molar-refractivity contribution in [2.45, 2.75) is 99.8 Å². The number of benzene rings is 1. The van der Waals surface area contributed by atoms with Gasteiger partial charge in [0.05, 0.1) is 6.61 Å². The molecule has 176 valence electrons. The molecule has 1 N–H and O–H groups in total. The van der Waals surface area contributed by atoms with Crippen molar-refractivity contribution in [2.75, 3.05) is 6.61 Å². The number of ether oxygens (including phenoxy) is 2. The van der Waals surface area contributed by atoms with Gasteiger partial charge in [0.25, 0.3) is 0 Å². The van der Waals surface area contributed by atoms with Crippen LogP contribution in [0, 0.1) is 10.8 Å². The quantitative estimate of drug-likeness (QED) is 0.266. The molecular weight excluding hydrogens is 388 g/mol. The summed E-state index contributed by atoms with van der Waals surface area (Å²) >= 11 is 0. The highest BCUT2D eigenvalue weighted by Gasteiger charge is 2.36. The minimum Gasteiger partial charge on any atom is -0.507 e. The van der Waals surface area contributed by atoms with Crippen LogP contribution >= 0.6 is 0 Å². The molecule has 0 bridgehead atoms. The second-order valence-corrected chi connectivity index (χ2v) is 12.4. The highest BCUT2D eigenvalue weighted by atomic mass is 16.6. The van der Waals surface area contributed by atoms with E-state index in [1.807, 2.05) is 12.1 Å². The Morgan fingerprint density at radius 1 is 0.871 bits per heavy atom. The number of carbonyl (C=O) groups is 1. The highest BCUT2D eigenvalue weighted by Crippen LogP contribution is 2.48. The lowest BCUT2D eigenvalue weighted by Crippen LogP contribution is -2.28. The lowest BCUT2D eigenvalue weighted by molar-refractivity contribution is -0.140. The topological polar surface area (TPSA) is 55.8 Å². The van der Waals surface area contributed by atoms with E-state index in [-0.39, 0.29) is 34.0 Å². The minimum atomic E-state index is -0.582. The maximum atomic E-state index is 12.1. The Balaban J connectivity index is 3.63. The largest absolute Gasteiger partial charge is 0.507 e. The molecule has 0 heterocycles. The second kappa shape index (κ2) is 9.26. The van der Waals surface area contributed by atoms with Gasteiger partial charge in [-0.05, 0) is 60.1 Å². The van der Waals surface area contributed by atoms with E-state index in [4.69, 9.17) is 9.47 Å². The van der Waals surface area contributed by atoms with E-state index in [2.05, 4.69) is 75.8 Å². The third-order valence-electron chi connectivity index (χ3n) is 5.23. The van der Waals surface area contributed by atoms with Crippen LogP contribution in [0.25, 0.3) is 0 Å². The maximum Gasteiger partial charge on any atom is 0.373 e. The van der Waals surface area contributed by atoms with Crippen molar-refractivity contribution in [3.05, 3.63) is 35.6 Å². The molecule has 0 aliphatic carbocycles. The molecule has 1 rings (SSSR count). The first kappa shape index (κ1) is 27.1. The Kier molecular flexibility index (Phi) is 8.08. The second-order valence-electron chi connectivity index (χ2n) is 12.4. The smallest absolute Gasteiger partial charge is 0.373 e. The van der Waals surface area contributed by atoms with E-state index < -0.39 is 5.97 Å². The van der Waals surface area contributed by atoms with Gasteiger partial charge in [0.1, 0.15) is 11.5 Å². The van der Waals surface area contributed by atoms with Crippen LogP contribution in [0.5, 0.6) is 11.5 Å². The van der Waals surface area contributed by atoms with Gasteiger partial charge in [-0.3, -0.25) is 0 Å². The molecule has 0 amide bonds. The summed E-state index contributed by atoms with van der Waals surface area (Å²) in [5.74, 6) is 0.149. The molecule has 4 nitrogen and oxygen atoms in total. The molecule has 0 saturated carbocycles. The van der Waals surface area contributed by atoms with E-state index in [1.54, 1.807) is 6.92 Å². The molecule has 0 saturated heterocycles. The Morgan fingerprint density at radius 3 is 1.58 bits per heavy atom. The first-order chi connectivity index (χ1) is 13.8. The molecule has 0 aliphatic rings. The molecule has 0 aliphatic heterocycles. The number of hydrogen-bond acceptors (Lipinski definition) is 4. The molecule has 0 radical (unpaired) electrons. The highest BCUT2D eigenvalue weighted by molar-refractivity contribution is 5.86. The van der Waals surface area contributed by atoms with Crippen LogP contribution in [0.15, 0.2) is 24.5 Å². The van der Waals surface area contributed by atoms with Crippen LogP contribution in [-0.4, -0.2) is 17.7 Å². The van der Waals surface area contributed by atoms with Gasteiger partial charge in [-0.1, -0.05) is 69.2 Å². The number of hydrogen-bond donors (Lipinski definition) is 1. The SMILES string of the molecule is C=C(Oc1cc(C(C)(C)CC(C)(C)C)c(O)c(C(C)(C)CC(C)(C)C)c1)C(=O)OCC. The summed E-state index contributed by atoms with van der Waals surface area (Å²) in [6.45, 7) is 27.4. The first-order valence-electron chi connectivity index (χ1n) is 11.2. The first-order valence-corrected chi connectivity index (χ1v) is 11.2. The Morgan fingerprint density at radius 2 is 1.26 bits per heavy atom. The Hall–Kier alpha value is -1.97. The van der Waals surface area contributed by atoms with Crippen molar-refractivity contribution >= 4 is 5.97 Å². The van der Waals surface area contributed by atoms with E-state index in [1.165, 1.54) is 0 Å². The van der Waals surface area contributed by atoms with Crippen LogP contribution < -0.4 is 4.74 Å². The van der Waals surface area contributed by atoms with Crippen molar-refractivity contribution < 1.29 is 19.4 Å². The maximum absolute atomic E-state index is 12.1. The summed E-state index contributed by atoms with van der Waals surface area (Å²) in [7, 11) is 0. The summed E-state index contributed by atoms with van der Waals surface area (Å²) in [5.41, 5.74) is 1.16. The van der Waals surface area contributed by atoms with Crippen molar-refractivity contribution in [1.29, 1.82) is 0 Å². The predicted octanol–water partition coefficient (Wildman–Crippen LogP) is 7.28. The van der Waals surface area contributed by atoms with Gasteiger partial charge in [-0.15, -0.1) is 0 Å². The molecule has 0 atom stereocenters. The van der Waals surface area contributed by atoms with E-state index in [9.17, 15) is 9.90 Å². The number of esters is 1. The van der Waals surface area contributed by atoms with Crippen LogP contribution in [0.1, 0.15) is 100 Å². The molecule has 0 fully saturated rings. The van der Waals surface area contributed by atoms with Crippen molar-refractivity contribution in [1.82, 2.24) is 0 Å². The van der Waals surface area contributed by atoms with Crippen LogP contribution in [0.3, 0.4) is 0 Å². The zero-order chi connectivity index (χ0) is 24.4. The summed E-state index contributed by atoms with van der Waals surface area (Å²) < 4.78 is 10.8. The fraction of sp³-hybridized carbons (Fsp3) is 0.667. The fourth-order valence-corrected chi connectivity index (χ4v) is 4.94. The average molecular weight is 433 g/mol. The third kappa shape index (κ3) is 7.90. The number of rotatable bonds is 8. The van der Waals surface area contributed by atoms with Crippen LogP contribution in [0.4, 0.5) is 0 Å². The molecule has 0 aromatic heterocycles. The standard InChI is InChI=1S/C27H44O4/c1-13-30-23(29)18(2)31-19-14-20(26(9,10)16-24(3,4)5)22(28)21(15-19)27(11,12)17-25(6,7)8/h14-15,28H,2,13,16-17H2,1,3-12H3. The van der Waals surface area contributed by atoms with Crippen molar-refractivity contribution in [3.63, 3.8) is 0 Å². The zero-order valence-electron chi connectivity index (χ0n) is 21.7. The Bertz CT molecular complexity index is 753. The summed E-state index contributed by atoms with van der Waals surface area (Å²) in [6.07, 6.45) is 1.74. The molecule has 4 heteroatoms. The molecule has 31 heavy (non-hydrogen) atoms. The molecule has 0 unspecified atom stereocenters. The summed E-state index contributed by atoms with van der Waals surface area (Å²) in [6, 6.07) is 3.67. The number of phenolic OH excluding ortho intramolecular Hbond substituents is 1. The third-order valence-corrected chi connectivity index (χ3v) is 5.23. The lowest BCUT2D eigenvalue weighted by Gasteiger charge is -2.37. The molecule has 1 aromatic carbocycles. The van der Waals surface area contributed by atoms with Gasteiger partial charge in [0.2, 0.25) is 5.76 Å². The van der Waals surface area contributed by atoms with Crippen LogP contribution in [0.2, 0.25) is 0 Å². The monoisotopic (exact) mass is 432 g/mol. The van der Waals surface area contributed by atoms with Crippen molar-refractivity contribution in [3.8, 4) is 11.5 Å².